The Bertz CT molecular complexity index is 592. The van der Waals surface area contributed by atoms with Gasteiger partial charge in [-0.25, -0.2) is 4.39 Å². The van der Waals surface area contributed by atoms with E-state index in [4.69, 9.17) is 26.2 Å². The van der Waals surface area contributed by atoms with Gasteiger partial charge in [-0.3, -0.25) is 9.59 Å². The van der Waals surface area contributed by atoms with E-state index in [1.165, 1.54) is 17.0 Å². The number of carbonyl (C=O) groups is 2. The molecule has 1 aliphatic heterocycles. The lowest BCUT2D eigenvalue weighted by molar-refractivity contribution is -0.141. The highest BCUT2D eigenvalue weighted by molar-refractivity contribution is 6.30. The number of hydrogen-bond acceptors (Lipinski definition) is 4. The van der Waals surface area contributed by atoms with Gasteiger partial charge in [-0.2, -0.15) is 0 Å². The van der Waals surface area contributed by atoms with Crippen LogP contribution in [-0.2, 0) is 14.3 Å². The third-order valence-electron chi connectivity index (χ3n) is 3.77. The van der Waals surface area contributed by atoms with E-state index in [9.17, 15) is 14.0 Å². The Labute approximate surface area is 144 Å². The van der Waals surface area contributed by atoms with E-state index in [0.717, 1.165) is 6.07 Å². The predicted octanol–water partition coefficient (Wildman–Crippen LogP) is 2.34. The van der Waals surface area contributed by atoms with Crippen LogP contribution in [0.25, 0.3) is 0 Å². The fourth-order valence-electron chi connectivity index (χ4n) is 2.52. The fraction of sp³-hybridized carbons (Fsp3) is 0.500. The van der Waals surface area contributed by atoms with E-state index >= 15 is 0 Å². The number of aliphatic carboxylic acids is 1. The number of amides is 1. The quantitative estimate of drug-likeness (QED) is 0.808. The van der Waals surface area contributed by atoms with Crippen LogP contribution in [0.2, 0.25) is 5.02 Å². The highest BCUT2D eigenvalue weighted by Gasteiger charge is 2.26. The van der Waals surface area contributed by atoms with Gasteiger partial charge in [0.25, 0.3) is 5.91 Å². The van der Waals surface area contributed by atoms with Crippen molar-refractivity contribution >= 4 is 23.5 Å². The molecule has 1 amide bonds. The molecule has 132 valence electrons. The van der Waals surface area contributed by atoms with E-state index < -0.39 is 11.8 Å². The molecule has 1 aliphatic rings. The maximum atomic E-state index is 13.1. The van der Waals surface area contributed by atoms with E-state index in [-0.39, 0.29) is 42.3 Å². The van der Waals surface area contributed by atoms with Crippen LogP contribution < -0.4 is 4.74 Å². The first-order valence-corrected chi connectivity index (χ1v) is 8.02. The number of rotatable bonds is 7. The van der Waals surface area contributed by atoms with Crippen LogP contribution in [0.5, 0.6) is 5.75 Å². The monoisotopic (exact) mass is 359 g/mol. The summed E-state index contributed by atoms with van der Waals surface area (Å²) in [5.41, 5.74) is 0. The average molecular weight is 360 g/mol. The van der Waals surface area contributed by atoms with Crippen LogP contribution in [0.1, 0.15) is 19.3 Å². The smallest absolute Gasteiger partial charge is 0.305 e. The van der Waals surface area contributed by atoms with Crippen LogP contribution in [0.3, 0.4) is 0 Å². The van der Waals surface area contributed by atoms with E-state index in [1.807, 2.05) is 0 Å². The highest BCUT2D eigenvalue weighted by Crippen LogP contribution is 2.21. The average Bonchev–Trinajstić information content (AvgIpc) is 2.57. The molecule has 1 saturated heterocycles. The molecule has 1 fully saturated rings. The number of carbonyl (C=O) groups excluding carboxylic acids is 1. The fourth-order valence-corrected chi connectivity index (χ4v) is 2.69. The van der Waals surface area contributed by atoms with Crippen molar-refractivity contribution in [1.29, 1.82) is 0 Å². The van der Waals surface area contributed by atoms with Gasteiger partial charge >= 0.3 is 5.97 Å². The summed E-state index contributed by atoms with van der Waals surface area (Å²) >= 11 is 5.67. The van der Waals surface area contributed by atoms with Crippen LogP contribution in [0.4, 0.5) is 4.39 Å². The van der Waals surface area contributed by atoms with Gasteiger partial charge in [0, 0.05) is 31.9 Å². The number of carboxylic acids is 1. The molecule has 8 heteroatoms. The minimum Gasteiger partial charge on any atom is -0.484 e. The molecule has 0 aliphatic carbocycles. The highest BCUT2D eigenvalue weighted by atomic mass is 35.5. The molecule has 0 radical (unpaired) electrons. The molecular formula is C16H19ClFNO5. The Kier molecular flexibility index (Phi) is 6.81. The molecule has 0 bridgehead atoms. The molecule has 1 aromatic rings. The summed E-state index contributed by atoms with van der Waals surface area (Å²) in [6, 6.07) is 3.76. The van der Waals surface area contributed by atoms with Gasteiger partial charge in [-0.1, -0.05) is 11.6 Å². The van der Waals surface area contributed by atoms with E-state index in [0.29, 0.717) is 26.1 Å². The molecular weight excluding hydrogens is 341 g/mol. The summed E-state index contributed by atoms with van der Waals surface area (Å²) in [4.78, 5) is 24.8. The van der Waals surface area contributed by atoms with Crippen molar-refractivity contribution in [2.45, 2.75) is 25.3 Å². The van der Waals surface area contributed by atoms with Crippen molar-refractivity contribution in [3.05, 3.63) is 29.0 Å². The molecule has 24 heavy (non-hydrogen) atoms. The van der Waals surface area contributed by atoms with Gasteiger partial charge in [0.1, 0.15) is 11.6 Å². The molecule has 2 rings (SSSR count). The molecule has 0 saturated carbocycles. The minimum atomic E-state index is -0.967. The van der Waals surface area contributed by atoms with E-state index in [1.54, 1.807) is 0 Å². The number of halogens is 2. The second-order valence-electron chi connectivity index (χ2n) is 5.44. The van der Waals surface area contributed by atoms with Gasteiger partial charge < -0.3 is 19.5 Å². The Hall–Kier alpha value is -1.86. The van der Waals surface area contributed by atoms with Crippen molar-refractivity contribution < 1.29 is 28.6 Å². The SMILES string of the molecule is O=C(O)CCN(C(=O)COc1ccc(F)c(Cl)c1)C1CCOCC1. The lowest BCUT2D eigenvalue weighted by atomic mass is 10.1. The molecule has 1 aromatic carbocycles. The number of hydrogen-bond donors (Lipinski definition) is 1. The summed E-state index contributed by atoms with van der Waals surface area (Å²) in [5.74, 6) is -1.57. The van der Waals surface area contributed by atoms with Gasteiger partial charge in [-0.05, 0) is 25.0 Å². The first kappa shape index (κ1) is 18.5. The normalized spacial score (nSPS) is 15.1. The summed E-state index contributed by atoms with van der Waals surface area (Å²) in [5, 5.41) is 8.77. The van der Waals surface area contributed by atoms with E-state index in [2.05, 4.69) is 0 Å². The largest absolute Gasteiger partial charge is 0.484 e. The number of ether oxygens (including phenoxy) is 2. The first-order valence-electron chi connectivity index (χ1n) is 7.64. The molecule has 0 unspecified atom stereocenters. The minimum absolute atomic E-state index is 0.0639. The lowest BCUT2D eigenvalue weighted by Gasteiger charge is -2.34. The lowest BCUT2D eigenvalue weighted by Crippen LogP contribution is -2.46. The zero-order valence-corrected chi connectivity index (χ0v) is 13.8. The Morgan fingerprint density at radius 3 is 2.71 bits per heavy atom. The summed E-state index contributed by atoms with van der Waals surface area (Å²) in [6.07, 6.45) is 1.19. The molecule has 1 N–H and O–H groups in total. The van der Waals surface area contributed by atoms with Crippen molar-refractivity contribution in [1.82, 2.24) is 4.90 Å². The zero-order chi connectivity index (χ0) is 17.5. The Morgan fingerprint density at radius 2 is 2.08 bits per heavy atom. The standard InChI is InChI=1S/C16H19ClFNO5/c17-13-9-12(1-2-14(13)18)24-10-15(20)19(6-3-16(21)22)11-4-7-23-8-5-11/h1-2,9,11H,3-8,10H2,(H,21,22). The van der Waals surface area contributed by atoms with Crippen molar-refractivity contribution in [3.8, 4) is 5.75 Å². The molecule has 1 heterocycles. The van der Waals surface area contributed by atoms with Crippen LogP contribution >= 0.6 is 11.6 Å². The number of nitrogens with zero attached hydrogens (tertiary/aromatic N) is 1. The maximum absolute atomic E-state index is 13.1. The third kappa shape index (κ3) is 5.35. The maximum Gasteiger partial charge on any atom is 0.305 e. The summed E-state index contributed by atoms with van der Waals surface area (Å²) in [6.45, 7) is 0.928. The van der Waals surface area contributed by atoms with Gasteiger partial charge in [0.15, 0.2) is 6.61 Å². The first-order chi connectivity index (χ1) is 11.5. The van der Waals surface area contributed by atoms with Crippen LogP contribution in [0, 0.1) is 5.82 Å². The van der Waals surface area contributed by atoms with Crippen LogP contribution in [0.15, 0.2) is 18.2 Å². The number of benzene rings is 1. The molecule has 0 aromatic heterocycles. The van der Waals surface area contributed by atoms with Gasteiger partial charge in [0.05, 0.1) is 11.4 Å². The Balaban J connectivity index is 1.97. The Morgan fingerprint density at radius 1 is 1.38 bits per heavy atom. The number of carboxylic acid groups (broad SMARTS) is 1. The zero-order valence-electron chi connectivity index (χ0n) is 13.0. The van der Waals surface area contributed by atoms with Gasteiger partial charge in [0.2, 0.25) is 0 Å². The molecule has 0 spiro atoms. The van der Waals surface area contributed by atoms with Crippen molar-refractivity contribution in [3.63, 3.8) is 0 Å². The molecule has 0 atom stereocenters. The topological polar surface area (TPSA) is 76.1 Å². The third-order valence-corrected chi connectivity index (χ3v) is 4.06. The predicted molar refractivity (Wildman–Crippen MR) is 84.7 cm³/mol. The van der Waals surface area contributed by atoms with Gasteiger partial charge in [-0.15, -0.1) is 0 Å². The second kappa shape index (κ2) is 8.84. The van der Waals surface area contributed by atoms with Crippen molar-refractivity contribution in [2.75, 3.05) is 26.4 Å². The second-order valence-corrected chi connectivity index (χ2v) is 5.85. The molecule has 6 nitrogen and oxygen atoms in total. The van der Waals surface area contributed by atoms with Crippen molar-refractivity contribution in [2.24, 2.45) is 0 Å². The van der Waals surface area contributed by atoms with Crippen LogP contribution in [-0.4, -0.2) is 54.3 Å². The summed E-state index contributed by atoms with van der Waals surface area (Å²) < 4.78 is 23.7. The summed E-state index contributed by atoms with van der Waals surface area (Å²) in [7, 11) is 0.